The maximum atomic E-state index is 12.9. The third-order valence-corrected chi connectivity index (χ3v) is 5.68. The summed E-state index contributed by atoms with van der Waals surface area (Å²) in [6.45, 7) is -0.619. The molecule has 0 fully saturated rings. The molecule has 2 amide bonds. The summed E-state index contributed by atoms with van der Waals surface area (Å²) in [6.07, 6.45) is 1.35. The zero-order valence-corrected chi connectivity index (χ0v) is 19.1. The van der Waals surface area contributed by atoms with Gasteiger partial charge in [0.05, 0.1) is 17.5 Å². The van der Waals surface area contributed by atoms with Crippen LogP contribution in [0.4, 0.5) is 11.4 Å². The van der Waals surface area contributed by atoms with E-state index in [1.807, 2.05) is 0 Å². The molecule has 0 unspecified atom stereocenters. The predicted octanol–water partition coefficient (Wildman–Crippen LogP) is 4.10. The molecule has 0 saturated heterocycles. The minimum absolute atomic E-state index is 0.0479. The molecule has 2 N–H and O–H groups in total. The lowest BCUT2D eigenvalue weighted by Gasteiger charge is -2.18. The molecule has 1 aliphatic carbocycles. The molecule has 0 spiro atoms. The fraction of sp³-hybridized carbons (Fsp3) is 0.0357. The van der Waals surface area contributed by atoms with Gasteiger partial charge in [0.15, 0.2) is 23.9 Å². The van der Waals surface area contributed by atoms with Crippen molar-refractivity contribution in [2.45, 2.75) is 0 Å². The number of benzene rings is 3. The number of hydrogen-bond donors (Lipinski definition) is 2. The van der Waals surface area contributed by atoms with E-state index in [9.17, 15) is 24.0 Å². The molecular weight excluding hydrogens is 476 g/mol. The van der Waals surface area contributed by atoms with Crippen molar-refractivity contribution in [2.75, 3.05) is 17.2 Å². The number of carbonyl (C=O) groups excluding carboxylic acids is 5. The lowest BCUT2D eigenvalue weighted by Crippen LogP contribution is -2.23. The van der Waals surface area contributed by atoms with Crippen LogP contribution in [0.2, 0.25) is 0 Å². The van der Waals surface area contributed by atoms with Crippen molar-refractivity contribution in [3.05, 3.63) is 119 Å². The van der Waals surface area contributed by atoms with Gasteiger partial charge in [-0.25, -0.2) is 4.79 Å². The van der Waals surface area contributed by atoms with Crippen LogP contribution in [0.1, 0.15) is 52.8 Å². The summed E-state index contributed by atoms with van der Waals surface area (Å²) in [5.74, 6) is -2.55. The number of anilines is 2. The van der Waals surface area contributed by atoms with E-state index in [0.717, 1.165) is 0 Å². The van der Waals surface area contributed by atoms with Crippen molar-refractivity contribution in [3.8, 4) is 0 Å². The van der Waals surface area contributed by atoms with Crippen molar-refractivity contribution in [1.29, 1.82) is 0 Å². The highest BCUT2D eigenvalue weighted by molar-refractivity contribution is 6.28. The quantitative estimate of drug-likeness (QED) is 0.340. The van der Waals surface area contributed by atoms with Crippen LogP contribution < -0.4 is 10.6 Å². The molecule has 0 bridgehead atoms. The average molecular weight is 494 g/mol. The van der Waals surface area contributed by atoms with Crippen molar-refractivity contribution in [2.24, 2.45) is 0 Å². The number of esters is 1. The summed E-state index contributed by atoms with van der Waals surface area (Å²) in [5, 5.41) is 5.13. The van der Waals surface area contributed by atoms with Crippen molar-refractivity contribution in [3.63, 3.8) is 0 Å². The van der Waals surface area contributed by atoms with Crippen LogP contribution in [0, 0.1) is 0 Å². The van der Waals surface area contributed by atoms with Gasteiger partial charge >= 0.3 is 5.97 Å². The Balaban J connectivity index is 1.24. The van der Waals surface area contributed by atoms with Gasteiger partial charge in [0.25, 0.3) is 11.8 Å². The van der Waals surface area contributed by atoms with Crippen molar-refractivity contribution < 1.29 is 33.1 Å². The Labute approximate surface area is 210 Å². The van der Waals surface area contributed by atoms with Gasteiger partial charge in [-0.2, -0.15) is 0 Å². The van der Waals surface area contributed by atoms with Crippen LogP contribution in [0.15, 0.2) is 89.5 Å². The molecule has 1 aromatic heterocycles. The largest absolute Gasteiger partial charge is 0.459 e. The lowest BCUT2D eigenvalue weighted by molar-refractivity contribution is -0.119. The Bertz CT molecular complexity index is 1570. The Hall–Kier alpha value is -5.31. The van der Waals surface area contributed by atoms with Crippen LogP contribution in [0.25, 0.3) is 0 Å². The van der Waals surface area contributed by atoms with Gasteiger partial charge in [-0.3, -0.25) is 19.2 Å². The highest BCUT2D eigenvalue weighted by Crippen LogP contribution is 2.29. The smallest absolute Gasteiger partial charge is 0.340 e. The van der Waals surface area contributed by atoms with Crippen molar-refractivity contribution >= 4 is 40.7 Å². The van der Waals surface area contributed by atoms with Gasteiger partial charge in [0.1, 0.15) is 0 Å². The summed E-state index contributed by atoms with van der Waals surface area (Å²) >= 11 is 0. The highest BCUT2D eigenvalue weighted by Gasteiger charge is 2.29. The normalized spacial score (nSPS) is 11.8. The molecule has 37 heavy (non-hydrogen) atoms. The molecule has 0 radical (unpaired) electrons. The molecule has 1 heterocycles. The number of hydrogen-bond acceptors (Lipinski definition) is 7. The minimum Gasteiger partial charge on any atom is -0.459 e. The summed E-state index contributed by atoms with van der Waals surface area (Å²) in [5.41, 5.74) is 1.58. The summed E-state index contributed by atoms with van der Waals surface area (Å²) in [6, 6.07) is 20.2. The van der Waals surface area contributed by atoms with Crippen LogP contribution in [-0.2, 0) is 9.53 Å². The molecule has 1 aliphatic rings. The number of carbonyl (C=O) groups is 5. The van der Waals surface area contributed by atoms with E-state index in [-0.39, 0.29) is 45.4 Å². The van der Waals surface area contributed by atoms with Crippen LogP contribution in [-0.4, -0.2) is 36.0 Å². The number of para-hydroxylation sites is 1. The van der Waals surface area contributed by atoms with Gasteiger partial charge in [0, 0.05) is 27.9 Å². The molecule has 0 atom stereocenters. The minimum atomic E-state index is -0.826. The summed E-state index contributed by atoms with van der Waals surface area (Å²) in [4.78, 5) is 63.0. The number of nitrogens with one attached hydrogen (secondary N) is 2. The Kier molecular flexibility index (Phi) is 6.17. The monoisotopic (exact) mass is 494 g/mol. The number of furan rings is 1. The van der Waals surface area contributed by atoms with Gasteiger partial charge in [0.2, 0.25) is 0 Å². The third kappa shape index (κ3) is 4.65. The van der Waals surface area contributed by atoms with E-state index < -0.39 is 24.4 Å². The molecule has 3 aromatic carbocycles. The SMILES string of the molecule is O=C(COC(=O)c1ccccc1NC(=O)c1ccco1)Nc1ccc2c(c1)C(=O)c1ccccc1C2=O. The van der Waals surface area contributed by atoms with Crippen LogP contribution in [0.5, 0.6) is 0 Å². The van der Waals surface area contributed by atoms with Crippen LogP contribution in [0.3, 0.4) is 0 Å². The first-order valence-electron chi connectivity index (χ1n) is 11.2. The summed E-state index contributed by atoms with van der Waals surface area (Å²) in [7, 11) is 0. The lowest BCUT2D eigenvalue weighted by atomic mass is 9.84. The van der Waals surface area contributed by atoms with E-state index in [1.165, 1.54) is 42.7 Å². The van der Waals surface area contributed by atoms with E-state index in [1.54, 1.807) is 42.5 Å². The number of fused-ring (bicyclic) bond motifs is 2. The summed E-state index contributed by atoms with van der Waals surface area (Å²) < 4.78 is 10.2. The fourth-order valence-electron chi connectivity index (χ4n) is 3.94. The highest BCUT2D eigenvalue weighted by atomic mass is 16.5. The topological polar surface area (TPSA) is 132 Å². The first-order chi connectivity index (χ1) is 17.9. The van der Waals surface area contributed by atoms with Gasteiger partial charge < -0.3 is 19.8 Å². The third-order valence-electron chi connectivity index (χ3n) is 5.68. The number of ketones is 2. The maximum Gasteiger partial charge on any atom is 0.340 e. The second kappa shape index (κ2) is 9.74. The van der Waals surface area contributed by atoms with Gasteiger partial charge in [-0.05, 0) is 42.5 Å². The Morgan fingerprint density at radius 3 is 2.14 bits per heavy atom. The first-order valence-corrected chi connectivity index (χ1v) is 11.2. The zero-order valence-electron chi connectivity index (χ0n) is 19.1. The number of rotatable bonds is 6. The van der Waals surface area contributed by atoms with Crippen LogP contribution >= 0.6 is 0 Å². The number of ether oxygens (including phenoxy) is 1. The van der Waals surface area contributed by atoms with Crippen molar-refractivity contribution in [1.82, 2.24) is 0 Å². The molecular formula is C28H18N2O7. The maximum absolute atomic E-state index is 12.9. The first kappa shape index (κ1) is 23.4. The zero-order chi connectivity index (χ0) is 25.9. The van der Waals surface area contributed by atoms with E-state index in [2.05, 4.69) is 10.6 Å². The van der Waals surface area contributed by atoms with E-state index in [4.69, 9.17) is 9.15 Å². The molecule has 182 valence electrons. The standard InChI is InChI=1S/C28H18N2O7/c31-24(15-37-28(35)20-8-3-4-9-22(20)30-27(34)23-10-5-13-36-23)29-16-11-12-19-21(14-16)26(33)18-7-2-1-6-17(18)25(19)32/h1-14H,15H2,(H,29,31)(H,30,34). The molecule has 9 heteroatoms. The van der Waals surface area contributed by atoms with Gasteiger partial charge in [-0.15, -0.1) is 0 Å². The van der Waals surface area contributed by atoms with E-state index >= 15 is 0 Å². The molecule has 0 saturated carbocycles. The molecule has 4 aromatic rings. The molecule has 5 rings (SSSR count). The number of amides is 2. The Morgan fingerprint density at radius 2 is 1.41 bits per heavy atom. The second-order valence-corrected chi connectivity index (χ2v) is 8.07. The Morgan fingerprint density at radius 1 is 0.730 bits per heavy atom. The predicted molar refractivity (Wildman–Crippen MR) is 132 cm³/mol. The van der Waals surface area contributed by atoms with E-state index in [0.29, 0.717) is 11.1 Å². The second-order valence-electron chi connectivity index (χ2n) is 8.07. The van der Waals surface area contributed by atoms with Gasteiger partial charge in [-0.1, -0.05) is 36.4 Å². The fourth-order valence-corrected chi connectivity index (χ4v) is 3.94. The average Bonchev–Trinajstić information content (AvgIpc) is 3.46. The molecule has 9 nitrogen and oxygen atoms in total. The molecule has 0 aliphatic heterocycles.